The van der Waals surface area contributed by atoms with Crippen molar-refractivity contribution in [3.05, 3.63) is 22.8 Å². The second-order valence-corrected chi connectivity index (χ2v) is 6.05. The predicted molar refractivity (Wildman–Crippen MR) is 77.6 cm³/mol. The quantitative estimate of drug-likeness (QED) is 0.864. The largest absolute Gasteiger partial charge is 0.405 e. The zero-order valence-electron chi connectivity index (χ0n) is 12.0. The van der Waals surface area contributed by atoms with Crippen LogP contribution >= 0.6 is 11.6 Å². The van der Waals surface area contributed by atoms with Gasteiger partial charge in [-0.3, -0.25) is 0 Å². The maximum Gasteiger partial charge on any atom is 0.405 e. The van der Waals surface area contributed by atoms with Crippen molar-refractivity contribution >= 4 is 17.4 Å². The summed E-state index contributed by atoms with van der Waals surface area (Å²) in [7, 11) is 0. The van der Waals surface area contributed by atoms with Crippen molar-refractivity contribution in [3.8, 4) is 0 Å². The second kappa shape index (κ2) is 6.40. The van der Waals surface area contributed by atoms with Crippen molar-refractivity contribution in [3.63, 3.8) is 0 Å². The number of aromatic nitrogens is 1. The zero-order chi connectivity index (χ0) is 15.6. The molecule has 3 nitrogen and oxygen atoms in total. The van der Waals surface area contributed by atoms with Gasteiger partial charge in [0.25, 0.3) is 0 Å². The lowest BCUT2D eigenvalue weighted by atomic mass is 10.2. The van der Waals surface area contributed by atoms with Crippen LogP contribution in [0.4, 0.5) is 19.0 Å². The number of hydrogen-bond donors (Lipinski definition) is 1. The smallest absolute Gasteiger partial charge is 0.344 e. The highest BCUT2D eigenvalue weighted by Gasteiger charge is 2.33. The highest BCUT2D eigenvalue weighted by Crippen LogP contribution is 2.29. The van der Waals surface area contributed by atoms with Gasteiger partial charge < -0.3 is 10.2 Å². The van der Waals surface area contributed by atoms with Crippen LogP contribution in [0.15, 0.2) is 12.3 Å². The van der Waals surface area contributed by atoms with E-state index in [0.29, 0.717) is 12.6 Å². The Bertz CT molecular complexity index is 487. The summed E-state index contributed by atoms with van der Waals surface area (Å²) >= 11 is 6.13. The standard InChI is InChI=1S/C14H19ClF3N3/c1-9(2)21(8-14(16,17)18)13-12(15)5-10(7-20-13)6-19-11-3-4-11/h5,7,9,11,19H,3-4,6,8H2,1-2H3. The molecule has 2 rings (SSSR count). The molecule has 21 heavy (non-hydrogen) atoms. The Balaban J connectivity index is 2.12. The van der Waals surface area contributed by atoms with Gasteiger partial charge in [0.2, 0.25) is 0 Å². The van der Waals surface area contributed by atoms with Gasteiger partial charge in [0.05, 0.1) is 5.02 Å². The van der Waals surface area contributed by atoms with Crippen LogP contribution in [-0.4, -0.2) is 29.8 Å². The molecule has 0 aromatic carbocycles. The van der Waals surface area contributed by atoms with Gasteiger partial charge in [-0.15, -0.1) is 0 Å². The molecule has 0 atom stereocenters. The molecular weight excluding hydrogens is 303 g/mol. The molecule has 1 aliphatic rings. The average molecular weight is 322 g/mol. The summed E-state index contributed by atoms with van der Waals surface area (Å²) in [6.07, 6.45) is -0.359. The van der Waals surface area contributed by atoms with Crippen molar-refractivity contribution in [2.45, 2.75) is 51.5 Å². The highest BCUT2D eigenvalue weighted by atomic mass is 35.5. The summed E-state index contributed by atoms with van der Waals surface area (Å²) in [6.45, 7) is 2.95. The molecular formula is C14H19ClF3N3. The third-order valence-electron chi connectivity index (χ3n) is 3.30. The van der Waals surface area contributed by atoms with Gasteiger partial charge in [-0.2, -0.15) is 13.2 Å². The van der Waals surface area contributed by atoms with E-state index >= 15 is 0 Å². The van der Waals surface area contributed by atoms with Crippen LogP contribution < -0.4 is 10.2 Å². The van der Waals surface area contributed by atoms with Gasteiger partial charge in [-0.25, -0.2) is 4.98 Å². The van der Waals surface area contributed by atoms with E-state index in [4.69, 9.17) is 11.6 Å². The number of pyridine rings is 1. The fraction of sp³-hybridized carbons (Fsp3) is 0.643. The molecule has 1 aromatic rings. The second-order valence-electron chi connectivity index (χ2n) is 5.64. The van der Waals surface area contributed by atoms with Gasteiger partial charge in [-0.1, -0.05) is 11.6 Å². The number of halogens is 4. The molecule has 0 radical (unpaired) electrons. The number of hydrogen-bond acceptors (Lipinski definition) is 3. The van der Waals surface area contributed by atoms with E-state index in [0.717, 1.165) is 5.56 Å². The first-order chi connectivity index (χ1) is 9.76. The molecule has 1 saturated carbocycles. The molecule has 1 aromatic heterocycles. The van der Waals surface area contributed by atoms with Gasteiger partial charge in [-0.05, 0) is 38.3 Å². The van der Waals surface area contributed by atoms with Crippen LogP contribution in [0.1, 0.15) is 32.3 Å². The molecule has 0 aliphatic heterocycles. The fourth-order valence-electron chi connectivity index (χ4n) is 2.02. The molecule has 1 fully saturated rings. The number of nitrogens with zero attached hydrogens (tertiary/aromatic N) is 2. The predicted octanol–water partition coefficient (Wildman–Crippen LogP) is 3.76. The van der Waals surface area contributed by atoms with Crippen LogP contribution in [0.3, 0.4) is 0 Å². The van der Waals surface area contributed by atoms with Gasteiger partial charge in [0.15, 0.2) is 0 Å². The first-order valence-electron chi connectivity index (χ1n) is 6.97. The van der Waals surface area contributed by atoms with E-state index in [2.05, 4.69) is 10.3 Å². The number of anilines is 1. The molecule has 0 spiro atoms. The number of alkyl halides is 3. The lowest BCUT2D eigenvalue weighted by molar-refractivity contribution is -0.120. The molecule has 7 heteroatoms. The summed E-state index contributed by atoms with van der Waals surface area (Å²) in [5.74, 6) is 0.180. The molecule has 0 unspecified atom stereocenters. The third-order valence-corrected chi connectivity index (χ3v) is 3.57. The SMILES string of the molecule is CC(C)N(CC(F)(F)F)c1ncc(CNC2CC2)cc1Cl. The van der Waals surface area contributed by atoms with Crippen LogP contribution in [-0.2, 0) is 6.54 Å². The molecule has 1 N–H and O–H groups in total. The summed E-state index contributed by atoms with van der Waals surface area (Å²) in [5, 5.41) is 3.57. The van der Waals surface area contributed by atoms with Crippen LogP contribution in [0.25, 0.3) is 0 Å². The molecule has 0 amide bonds. The summed E-state index contributed by atoms with van der Waals surface area (Å²) in [5.41, 5.74) is 0.881. The minimum Gasteiger partial charge on any atom is -0.344 e. The van der Waals surface area contributed by atoms with E-state index in [1.165, 1.54) is 17.7 Å². The Morgan fingerprint density at radius 2 is 2.10 bits per heavy atom. The molecule has 1 aliphatic carbocycles. The van der Waals surface area contributed by atoms with E-state index < -0.39 is 12.7 Å². The zero-order valence-corrected chi connectivity index (χ0v) is 12.8. The maximum absolute atomic E-state index is 12.7. The van der Waals surface area contributed by atoms with Gasteiger partial charge >= 0.3 is 6.18 Å². The van der Waals surface area contributed by atoms with Crippen molar-refractivity contribution in [2.75, 3.05) is 11.4 Å². The minimum absolute atomic E-state index is 0.180. The molecule has 1 heterocycles. The fourth-order valence-corrected chi connectivity index (χ4v) is 2.32. The summed E-state index contributed by atoms with van der Waals surface area (Å²) in [4.78, 5) is 5.30. The summed E-state index contributed by atoms with van der Waals surface area (Å²) < 4.78 is 38.0. The Labute approximate surface area is 127 Å². The normalized spacial score (nSPS) is 15.6. The van der Waals surface area contributed by atoms with Crippen LogP contribution in [0.5, 0.6) is 0 Å². The molecule has 0 bridgehead atoms. The summed E-state index contributed by atoms with van der Waals surface area (Å²) in [6, 6.07) is 1.90. The van der Waals surface area contributed by atoms with E-state index in [9.17, 15) is 13.2 Å². The minimum atomic E-state index is -4.29. The van der Waals surface area contributed by atoms with Crippen molar-refractivity contribution < 1.29 is 13.2 Å². The third kappa shape index (κ3) is 5.04. The Kier molecular flexibility index (Phi) is 4.99. The van der Waals surface area contributed by atoms with Crippen LogP contribution in [0.2, 0.25) is 5.02 Å². The monoisotopic (exact) mass is 321 g/mol. The van der Waals surface area contributed by atoms with E-state index in [-0.39, 0.29) is 16.9 Å². The Morgan fingerprint density at radius 3 is 2.57 bits per heavy atom. The van der Waals surface area contributed by atoms with E-state index in [1.54, 1.807) is 26.1 Å². The Morgan fingerprint density at radius 1 is 1.43 bits per heavy atom. The first-order valence-corrected chi connectivity index (χ1v) is 7.35. The molecule has 118 valence electrons. The van der Waals surface area contributed by atoms with Crippen molar-refractivity contribution in [1.82, 2.24) is 10.3 Å². The van der Waals surface area contributed by atoms with Crippen molar-refractivity contribution in [1.29, 1.82) is 0 Å². The number of rotatable bonds is 6. The lowest BCUT2D eigenvalue weighted by Gasteiger charge is -2.29. The topological polar surface area (TPSA) is 28.2 Å². The number of nitrogens with one attached hydrogen (secondary N) is 1. The first kappa shape index (κ1) is 16.4. The van der Waals surface area contributed by atoms with Crippen molar-refractivity contribution in [2.24, 2.45) is 0 Å². The van der Waals surface area contributed by atoms with Crippen LogP contribution in [0, 0.1) is 0 Å². The van der Waals surface area contributed by atoms with E-state index in [1.807, 2.05) is 0 Å². The molecule has 0 saturated heterocycles. The highest BCUT2D eigenvalue weighted by molar-refractivity contribution is 6.33. The van der Waals surface area contributed by atoms with Gasteiger partial charge in [0, 0.05) is 24.8 Å². The maximum atomic E-state index is 12.7. The Hall–Kier alpha value is -1.01. The lowest BCUT2D eigenvalue weighted by Crippen LogP contribution is -2.39. The average Bonchev–Trinajstić information content (AvgIpc) is 3.17. The van der Waals surface area contributed by atoms with Gasteiger partial charge in [0.1, 0.15) is 12.4 Å².